The molecule has 31 heavy (non-hydrogen) atoms. The second kappa shape index (κ2) is 7.38. The number of alkyl halides is 3. The first-order chi connectivity index (χ1) is 14.5. The summed E-state index contributed by atoms with van der Waals surface area (Å²) in [7, 11) is -4.23. The number of anilines is 1. The van der Waals surface area contributed by atoms with E-state index in [4.69, 9.17) is 11.6 Å². The predicted octanol–water partition coefficient (Wildman–Crippen LogP) is 5.41. The van der Waals surface area contributed by atoms with Crippen LogP contribution in [0.1, 0.15) is 24.2 Å². The Bertz CT molecular complexity index is 1280. The van der Waals surface area contributed by atoms with Crippen LogP contribution in [0.4, 0.5) is 23.4 Å². The Hall–Kier alpha value is -2.85. The van der Waals surface area contributed by atoms with Gasteiger partial charge in [-0.3, -0.25) is 0 Å². The number of nitrogens with one attached hydrogen (secondary N) is 1. The normalized spacial score (nSPS) is 16.8. The van der Waals surface area contributed by atoms with Crippen molar-refractivity contribution in [1.29, 1.82) is 0 Å². The molecule has 0 fully saturated rings. The van der Waals surface area contributed by atoms with Crippen molar-refractivity contribution in [2.24, 2.45) is 0 Å². The Labute approximate surface area is 179 Å². The molecule has 0 spiro atoms. The van der Waals surface area contributed by atoms with Crippen LogP contribution in [0.5, 0.6) is 0 Å². The lowest BCUT2D eigenvalue weighted by Gasteiger charge is -2.30. The van der Waals surface area contributed by atoms with Gasteiger partial charge in [0.15, 0.2) is 5.69 Å². The van der Waals surface area contributed by atoms with E-state index in [1.807, 2.05) is 0 Å². The first-order valence-corrected chi connectivity index (χ1v) is 10.8. The van der Waals surface area contributed by atoms with Gasteiger partial charge in [0.05, 0.1) is 9.80 Å². The van der Waals surface area contributed by atoms with Gasteiger partial charge in [0, 0.05) is 16.8 Å². The Kier molecular flexibility index (Phi) is 5.09. The van der Waals surface area contributed by atoms with E-state index in [2.05, 4.69) is 10.4 Å². The zero-order chi connectivity index (χ0) is 22.6. The van der Waals surface area contributed by atoms with Crippen molar-refractivity contribution in [3.05, 3.63) is 87.3 Å². The quantitative estimate of drug-likeness (QED) is 0.409. The molecule has 1 aliphatic heterocycles. The molecule has 1 atom stereocenters. The summed E-state index contributed by atoms with van der Waals surface area (Å²) in [6.07, 6.45) is -4.72. The predicted molar refractivity (Wildman–Crippen MR) is 107 cm³/mol. The molecule has 3 aromatic rings. The summed E-state index contributed by atoms with van der Waals surface area (Å²) in [4.78, 5) is -0.401. The Balaban J connectivity index is 1.95. The molecule has 2 heterocycles. The van der Waals surface area contributed by atoms with Crippen LogP contribution >= 0.6 is 11.6 Å². The van der Waals surface area contributed by atoms with Crippen molar-refractivity contribution in [2.45, 2.75) is 24.0 Å². The molecule has 11 heteroatoms. The summed E-state index contributed by atoms with van der Waals surface area (Å²) in [5.74, 6) is -0.632. The molecule has 0 saturated heterocycles. The SMILES string of the molecule is CC1=C(S(=O)(=O)c2ccc(F)cc2)C(c2ccc(Cl)cc2)n2nc(C(F)(F)F)cc2N1. The zero-order valence-corrected chi connectivity index (χ0v) is 17.4. The molecule has 1 unspecified atom stereocenters. The minimum Gasteiger partial charge on any atom is -0.343 e. The fraction of sp³-hybridized carbons (Fsp3) is 0.150. The van der Waals surface area contributed by atoms with Crippen LogP contribution in [0.2, 0.25) is 5.02 Å². The molecule has 0 amide bonds. The van der Waals surface area contributed by atoms with Crippen molar-refractivity contribution in [1.82, 2.24) is 9.78 Å². The van der Waals surface area contributed by atoms with Crippen LogP contribution in [0.3, 0.4) is 0 Å². The van der Waals surface area contributed by atoms with Crippen LogP contribution in [0, 0.1) is 5.82 Å². The lowest BCUT2D eigenvalue weighted by molar-refractivity contribution is -0.141. The van der Waals surface area contributed by atoms with Gasteiger partial charge < -0.3 is 5.32 Å². The highest BCUT2D eigenvalue weighted by Crippen LogP contribution is 2.43. The maximum absolute atomic E-state index is 13.5. The molecular weight excluding hydrogens is 458 g/mol. The molecule has 1 N–H and O–H groups in total. The molecule has 1 aliphatic rings. The molecule has 5 nitrogen and oxygen atoms in total. The highest BCUT2D eigenvalue weighted by molar-refractivity contribution is 7.95. The topological polar surface area (TPSA) is 64.0 Å². The van der Waals surface area contributed by atoms with E-state index in [1.165, 1.54) is 31.2 Å². The van der Waals surface area contributed by atoms with Crippen molar-refractivity contribution in [2.75, 3.05) is 5.32 Å². The zero-order valence-electron chi connectivity index (χ0n) is 15.8. The van der Waals surface area contributed by atoms with Gasteiger partial charge in [0.25, 0.3) is 0 Å². The minimum absolute atomic E-state index is 0.0113. The van der Waals surface area contributed by atoms with E-state index in [9.17, 15) is 26.0 Å². The third-order valence-electron chi connectivity index (χ3n) is 4.80. The van der Waals surface area contributed by atoms with E-state index < -0.39 is 33.6 Å². The van der Waals surface area contributed by atoms with Gasteiger partial charge in [-0.25, -0.2) is 17.5 Å². The Morgan fingerprint density at radius 1 is 1.06 bits per heavy atom. The lowest BCUT2D eigenvalue weighted by Crippen LogP contribution is -2.28. The monoisotopic (exact) mass is 471 g/mol. The summed E-state index contributed by atoms with van der Waals surface area (Å²) in [5, 5.41) is 6.72. The van der Waals surface area contributed by atoms with Crippen LogP contribution in [-0.4, -0.2) is 18.2 Å². The van der Waals surface area contributed by atoms with Crippen molar-refractivity contribution < 1.29 is 26.0 Å². The largest absolute Gasteiger partial charge is 0.435 e. The van der Waals surface area contributed by atoms with Gasteiger partial charge in [-0.2, -0.15) is 18.3 Å². The van der Waals surface area contributed by atoms with Gasteiger partial charge in [-0.05, 0) is 48.9 Å². The summed E-state index contributed by atoms with van der Waals surface area (Å²) in [6.45, 7) is 1.45. The number of fused-ring (bicyclic) bond motifs is 1. The molecule has 0 saturated carbocycles. The molecule has 162 valence electrons. The number of benzene rings is 2. The second-order valence-corrected chi connectivity index (χ2v) is 9.24. The molecule has 2 aromatic carbocycles. The third kappa shape index (κ3) is 3.81. The third-order valence-corrected chi connectivity index (χ3v) is 7.06. The average Bonchev–Trinajstić information content (AvgIpc) is 3.12. The van der Waals surface area contributed by atoms with Crippen LogP contribution in [0.25, 0.3) is 0 Å². The van der Waals surface area contributed by atoms with E-state index in [0.29, 0.717) is 10.6 Å². The van der Waals surface area contributed by atoms with Gasteiger partial charge in [-0.15, -0.1) is 0 Å². The van der Waals surface area contributed by atoms with Crippen molar-refractivity contribution >= 4 is 27.3 Å². The number of rotatable bonds is 3. The van der Waals surface area contributed by atoms with E-state index in [-0.39, 0.29) is 21.3 Å². The molecule has 0 bridgehead atoms. The highest BCUT2D eigenvalue weighted by atomic mass is 35.5. The van der Waals surface area contributed by atoms with Crippen LogP contribution in [-0.2, 0) is 16.0 Å². The first-order valence-electron chi connectivity index (χ1n) is 8.89. The standard InChI is InChI=1S/C20H14ClF4N3O2S/c1-11-19(31(29,30)15-8-6-14(22)7-9-15)18(12-2-4-13(21)5-3-12)28-17(26-11)10-16(27-28)20(23,24)25/h2-10,18,26H,1H3. The summed E-state index contributed by atoms with van der Waals surface area (Å²) in [6, 6.07) is 9.86. The molecular formula is C20H14ClF4N3O2S. The second-order valence-electron chi connectivity index (χ2n) is 6.88. The van der Waals surface area contributed by atoms with E-state index in [1.54, 1.807) is 0 Å². The number of hydrogen-bond donors (Lipinski definition) is 1. The average molecular weight is 472 g/mol. The number of allylic oxidation sites excluding steroid dienone is 2. The fourth-order valence-electron chi connectivity index (χ4n) is 3.42. The van der Waals surface area contributed by atoms with E-state index >= 15 is 0 Å². The summed E-state index contributed by atoms with van der Waals surface area (Å²) >= 11 is 5.93. The van der Waals surface area contributed by atoms with Gasteiger partial charge in [-0.1, -0.05) is 23.7 Å². The van der Waals surface area contributed by atoms with Gasteiger partial charge >= 0.3 is 6.18 Å². The first kappa shape index (κ1) is 21.4. The number of aromatic nitrogens is 2. The lowest BCUT2D eigenvalue weighted by atomic mass is 10.0. The highest BCUT2D eigenvalue weighted by Gasteiger charge is 2.41. The fourth-order valence-corrected chi connectivity index (χ4v) is 5.28. The minimum atomic E-state index is -4.72. The maximum atomic E-state index is 13.5. The van der Waals surface area contributed by atoms with E-state index in [0.717, 1.165) is 35.0 Å². The molecule has 0 radical (unpaired) electrons. The Morgan fingerprint density at radius 2 is 1.68 bits per heavy atom. The summed E-state index contributed by atoms with van der Waals surface area (Å²) < 4.78 is 81.1. The Morgan fingerprint density at radius 3 is 2.26 bits per heavy atom. The van der Waals surface area contributed by atoms with Gasteiger partial charge in [0.2, 0.25) is 9.84 Å². The number of halogens is 5. The summed E-state index contributed by atoms with van der Waals surface area (Å²) in [5.41, 5.74) is -0.670. The molecule has 1 aromatic heterocycles. The van der Waals surface area contributed by atoms with Crippen molar-refractivity contribution in [3.8, 4) is 0 Å². The molecule has 4 rings (SSSR count). The number of sulfone groups is 1. The van der Waals surface area contributed by atoms with Crippen LogP contribution in [0.15, 0.2) is 70.1 Å². The van der Waals surface area contributed by atoms with Crippen molar-refractivity contribution in [3.63, 3.8) is 0 Å². The number of hydrogen-bond acceptors (Lipinski definition) is 4. The molecule has 0 aliphatic carbocycles. The maximum Gasteiger partial charge on any atom is 0.435 e. The van der Waals surface area contributed by atoms with Gasteiger partial charge in [0.1, 0.15) is 17.7 Å². The number of nitrogens with zero attached hydrogens (tertiary/aromatic N) is 2. The van der Waals surface area contributed by atoms with Crippen LogP contribution < -0.4 is 5.32 Å². The smallest absolute Gasteiger partial charge is 0.343 e.